The Balaban J connectivity index is 0. The molecule has 0 fully saturated rings. The summed E-state index contributed by atoms with van der Waals surface area (Å²) in [5.41, 5.74) is 1.75. The third-order valence-corrected chi connectivity index (χ3v) is 1.84. The van der Waals surface area contributed by atoms with Crippen LogP contribution in [0.2, 0.25) is 0 Å². The van der Waals surface area contributed by atoms with E-state index in [2.05, 4.69) is 0 Å². The molecule has 0 aliphatic rings. The lowest BCUT2D eigenvalue weighted by Gasteiger charge is -2.02. The van der Waals surface area contributed by atoms with Gasteiger partial charge in [-0.2, -0.15) is 0 Å². The van der Waals surface area contributed by atoms with E-state index in [4.69, 9.17) is 4.74 Å². The van der Waals surface area contributed by atoms with Gasteiger partial charge in [-0.25, -0.2) is 0 Å². The molecule has 5 nitrogen and oxygen atoms in total. The van der Waals surface area contributed by atoms with E-state index < -0.39 is 0 Å². The van der Waals surface area contributed by atoms with Crippen molar-refractivity contribution in [3.63, 3.8) is 0 Å². The molecule has 0 radical (unpaired) electrons. The van der Waals surface area contributed by atoms with Crippen molar-refractivity contribution in [2.24, 2.45) is 0 Å². The molecular formula is C8H16NO4+. The average molecular weight is 190 g/mol. The van der Waals surface area contributed by atoms with Crippen LogP contribution in [-0.2, 0) is 0 Å². The van der Waals surface area contributed by atoms with Crippen LogP contribution in [0.3, 0.4) is 0 Å². The second-order valence-corrected chi connectivity index (χ2v) is 2.44. The fourth-order valence-electron chi connectivity index (χ4n) is 0.946. The number of aromatic nitrogens is 1. The van der Waals surface area contributed by atoms with E-state index >= 15 is 0 Å². The molecule has 0 aliphatic carbocycles. The van der Waals surface area contributed by atoms with Gasteiger partial charge < -0.3 is 15.7 Å². The van der Waals surface area contributed by atoms with Gasteiger partial charge in [0.2, 0.25) is 11.9 Å². The van der Waals surface area contributed by atoms with E-state index in [0.717, 1.165) is 21.7 Å². The molecule has 0 bridgehead atoms. The molecule has 5 heteroatoms. The Bertz CT molecular complexity index is 275. The van der Waals surface area contributed by atoms with Gasteiger partial charge in [0.1, 0.15) is 5.75 Å². The summed E-state index contributed by atoms with van der Waals surface area (Å²) in [5.74, 6) is 0.799. The summed E-state index contributed by atoms with van der Waals surface area (Å²) in [6.07, 6.45) is 1.56. The number of hydrogen-bond donors (Lipinski definition) is 1. The van der Waals surface area contributed by atoms with Gasteiger partial charge in [0.15, 0.2) is 0 Å². The molecule has 0 aliphatic heterocycles. The molecule has 0 unspecified atom stereocenters. The summed E-state index contributed by atoms with van der Waals surface area (Å²) in [5, 5.41) is 9.18. The summed E-state index contributed by atoms with van der Waals surface area (Å²) in [6, 6.07) is 1.72. The first-order chi connectivity index (χ1) is 5.16. The molecule has 0 atom stereocenters. The highest BCUT2D eigenvalue weighted by molar-refractivity contribution is 5.30. The van der Waals surface area contributed by atoms with Crippen LogP contribution >= 0.6 is 0 Å². The second kappa shape index (κ2) is 5.34. The van der Waals surface area contributed by atoms with Crippen molar-refractivity contribution >= 4 is 0 Å². The largest absolute Gasteiger partial charge is 0.496 e. The second-order valence-electron chi connectivity index (χ2n) is 2.44. The first-order valence-corrected chi connectivity index (χ1v) is 3.42. The first-order valence-electron chi connectivity index (χ1n) is 3.42. The predicted octanol–water partition coefficient (Wildman–Crippen LogP) is -0.813. The molecule has 0 amide bonds. The van der Waals surface area contributed by atoms with Crippen molar-refractivity contribution in [3.05, 3.63) is 23.5 Å². The normalized spacial score (nSPS) is 8.23. The Kier molecular flexibility index (Phi) is 5.84. The van der Waals surface area contributed by atoms with Crippen LogP contribution in [0.4, 0.5) is 0 Å². The number of rotatable bonds is 1. The van der Waals surface area contributed by atoms with Gasteiger partial charge in [0, 0.05) is 17.7 Å². The van der Waals surface area contributed by atoms with Crippen LogP contribution < -0.4 is 9.47 Å². The summed E-state index contributed by atoms with van der Waals surface area (Å²) in [4.78, 5) is 0. The molecule has 0 saturated heterocycles. The van der Waals surface area contributed by atoms with Gasteiger partial charge in [-0.15, -0.1) is 0 Å². The number of nitrogens with zero attached hydrogens (tertiary/aromatic N) is 1. The Morgan fingerprint density at radius 2 is 1.85 bits per heavy atom. The molecule has 13 heavy (non-hydrogen) atoms. The van der Waals surface area contributed by atoms with E-state index in [1.54, 1.807) is 19.4 Å². The van der Waals surface area contributed by atoms with Crippen molar-refractivity contribution < 1.29 is 25.6 Å². The minimum atomic E-state index is 0. The zero-order valence-corrected chi connectivity index (χ0v) is 7.96. The van der Waals surface area contributed by atoms with E-state index in [-0.39, 0.29) is 11.0 Å². The van der Waals surface area contributed by atoms with Gasteiger partial charge in [0.25, 0.3) is 0 Å². The number of hydrogen-bond acceptors (Lipinski definition) is 2. The SMILES string of the molecule is COc1cc[n+](O)c(C)c1C.O.O. The van der Waals surface area contributed by atoms with Crippen LogP contribution in [0, 0.1) is 13.8 Å². The maximum absolute atomic E-state index is 9.18. The zero-order valence-electron chi connectivity index (χ0n) is 7.96. The monoisotopic (exact) mass is 190 g/mol. The maximum atomic E-state index is 9.18. The maximum Gasteiger partial charge on any atom is 0.237 e. The Labute approximate surface area is 76.8 Å². The summed E-state index contributed by atoms with van der Waals surface area (Å²) in [7, 11) is 1.61. The molecular weight excluding hydrogens is 174 g/mol. The van der Waals surface area contributed by atoms with Gasteiger partial charge in [0.05, 0.1) is 12.7 Å². The topological polar surface area (TPSA) is 96.3 Å². The van der Waals surface area contributed by atoms with Crippen LogP contribution in [-0.4, -0.2) is 23.3 Å². The van der Waals surface area contributed by atoms with Crippen molar-refractivity contribution in [2.75, 3.05) is 7.11 Å². The summed E-state index contributed by atoms with van der Waals surface area (Å²) >= 11 is 0. The summed E-state index contributed by atoms with van der Waals surface area (Å²) in [6.45, 7) is 3.73. The van der Waals surface area contributed by atoms with Crippen LogP contribution in [0.25, 0.3) is 0 Å². The van der Waals surface area contributed by atoms with Crippen molar-refractivity contribution in [1.82, 2.24) is 0 Å². The lowest BCUT2D eigenvalue weighted by atomic mass is 10.2. The van der Waals surface area contributed by atoms with Gasteiger partial charge in [-0.1, -0.05) is 0 Å². The van der Waals surface area contributed by atoms with E-state index in [0.29, 0.717) is 0 Å². The van der Waals surface area contributed by atoms with Crippen LogP contribution in [0.5, 0.6) is 5.75 Å². The molecule has 1 aromatic heterocycles. The van der Waals surface area contributed by atoms with Crippen LogP contribution in [0.1, 0.15) is 11.3 Å². The summed E-state index contributed by atoms with van der Waals surface area (Å²) < 4.78 is 6.14. The van der Waals surface area contributed by atoms with E-state index in [9.17, 15) is 5.21 Å². The highest BCUT2D eigenvalue weighted by Crippen LogP contribution is 2.16. The molecule has 0 saturated carbocycles. The van der Waals surface area contributed by atoms with Gasteiger partial charge in [-0.3, -0.25) is 5.21 Å². The van der Waals surface area contributed by atoms with Crippen molar-refractivity contribution in [3.8, 4) is 5.75 Å². The number of ether oxygens (including phenoxy) is 1. The molecule has 1 heterocycles. The molecule has 0 aromatic carbocycles. The number of pyridine rings is 1. The lowest BCUT2D eigenvalue weighted by Crippen LogP contribution is -2.33. The zero-order chi connectivity index (χ0) is 8.43. The Hall–Kier alpha value is -1.33. The Morgan fingerprint density at radius 1 is 1.31 bits per heavy atom. The highest BCUT2D eigenvalue weighted by atomic mass is 16.5. The minimum absolute atomic E-state index is 0. The van der Waals surface area contributed by atoms with Crippen LogP contribution in [0.15, 0.2) is 12.3 Å². The third-order valence-electron chi connectivity index (χ3n) is 1.84. The van der Waals surface area contributed by atoms with Crippen molar-refractivity contribution in [1.29, 1.82) is 0 Å². The standard InChI is InChI=1S/C8H12NO2.2H2O/c1-6-7(2)9(10)5-4-8(6)11-3;;/h4-5,10H,1-3H3;2*1H2/q+1;;. The van der Waals surface area contributed by atoms with E-state index in [1.165, 1.54) is 0 Å². The van der Waals surface area contributed by atoms with Gasteiger partial charge >= 0.3 is 0 Å². The lowest BCUT2D eigenvalue weighted by molar-refractivity contribution is -0.909. The van der Waals surface area contributed by atoms with Gasteiger partial charge in [-0.05, 0) is 6.92 Å². The predicted molar refractivity (Wildman–Crippen MR) is 47.1 cm³/mol. The average Bonchev–Trinajstić information content (AvgIpc) is 2.01. The molecule has 1 aromatic rings. The first kappa shape index (κ1) is 14.2. The smallest absolute Gasteiger partial charge is 0.237 e. The molecule has 76 valence electrons. The van der Waals surface area contributed by atoms with E-state index in [1.807, 2.05) is 13.8 Å². The fourth-order valence-corrected chi connectivity index (χ4v) is 0.946. The third kappa shape index (κ3) is 2.57. The fraction of sp³-hybridized carbons (Fsp3) is 0.375. The quantitative estimate of drug-likeness (QED) is 0.463. The molecule has 0 spiro atoms. The molecule has 1 rings (SSSR count). The number of methoxy groups -OCH3 is 1. The highest BCUT2D eigenvalue weighted by Gasteiger charge is 2.11. The Morgan fingerprint density at radius 3 is 2.31 bits per heavy atom. The van der Waals surface area contributed by atoms with Crippen molar-refractivity contribution in [2.45, 2.75) is 13.8 Å². The molecule has 5 N–H and O–H groups in total. The minimum Gasteiger partial charge on any atom is -0.496 e.